The van der Waals surface area contributed by atoms with Gasteiger partial charge in [0.1, 0.15) is 5.28 Å². The van der Waals surface area contributed by atoms with Gasteiger partial charge in [0.15, 0.2) is 0 Å². The molecule has 0 saturated carbocycles. The Hall–Kier alpha value is 0.110. The normalized spacial score (nSPS) is 17.2. The third kappa shape index (κ3) is 3.30. The number of hydrogen-bond acceptors (Lipinski definition) is 3. The van der Waals surface area contributed by atoms with E-state index in [9.17, 15) is 9.46 Å². The molecule has 0 radical (unpaired) electrons. The van der Waals surface area contributed by atoms with Crippen molar-refractivity contribution in [3.63, 3.8) is 0 Å². The monoisotopic (exact) mass is 251 g/mol. The number of rotatable bonds is 6. The molecular weight excluding hydrogens is 225 g/mol. The van der Waals surface area contributed by atoms with Gasteiger partial charge in [-0.3, -0.25) is 9.46 Å². The van der Waals surface area contributed by atoms with Crippen molar-refractivity contribution in [2.45, 2.75) is 65.8 Å². The van der Waals surface area contributed by atoms with Crippen LogP contribution in [0.25, 0.3) is 0 Å². The molecule has 0 aliphatic heterocycles. The van der Waals surface area contributed by atoms with Crippen LogP contribution < -0.4 is 0 Å². The molecule has 0 aliphatic carbocycles. The quantitative estimate of drug-likeness (QED) is 0.737. The summed E-state index contributed by atoms with van der Waals surface area (Å²) in [5.41, 5.74) is 0. The Labute approximate surface area is 99.5 Å². The summed E-state index contributed by atoms with van der Waals surface area (Å²) in [6.45, 7) is 13.6. The highest BCUT2D eigenvalue weighted by molar-refractivity contribution is 7.54. The largest absolute Gasteiger partial charge is 0.347 e. The molecule has 0 aromatic rings. The summed E-state index contributed by atoms with van der Waals surface area (Å²) in [5.74, 6) is 0. The zero-order valence-corrected chi connectivity index (χ0v) is 12.4. The van der Waals surface area contributed by atoms with Crippen molar-refractivity contribution in [2.24, 2.45) is 0 Å². The van der Waals surface area contributed by atoms with Gasteiger partial charge in [-0.15, -0.1) is 0 Å². The van der Waals surface area contributed by atoms with E-state index in [0.717, 1.165) is 0 Å². The summed E-state index contributed by atoms with van der Waals surface area (Å²) in [6, 6.07) is 0.381. The van der Waals surface area contributed by atoms with Crippen molar-refractivity contribution in [1.29, 1.82) is 0 Å². The molecule has 0 amide bonds. The molecule has 0 rings (SSSR count). The van der Waals surface area contributed by atoms with Gasteiger partial charge in [-0.25, -0.2) is 0 Å². The van der Waals surface area contributed by atoms with Gasteiger partial charge in [-0.1, -0.05) is 0 Å². The van der Waals surface area contributed by atoms with Crippen molar-refractivity contribution >= 4 is 7.60 Å². The van der Waals surface area contributed by atoms with Crippen molar-refractivity contribution in [3.05, 3.63) is 0 Å². The minimum atomic E-state index is -3.63. The molecule has 5 heteroatoms. The van der Waals surface area contributed by atoms with E-state index < -0.39 is 12.9 Å². The van der Waals surface area contributed by atoms with Crippen LogP contribution in [0, 0.1) is 0 Å². The summed E-state index contributed by atoms with van der Waals surface area (Å²) >= 11 is 0. The highest BCUT2D eigenvalue weighted by atomic mass is 31.2. The molecule has 16 heavy (non-hydrogen) atoms. The van der Waals surface area contributed by atoms with Crippen LogP contribution in [0.5, 0.6) is 0 Å². The number of nitrogens with zero attached hydrogens (tertiary/aromatic N) is 1. The maximum atomic E-state index is 12.2. The topological polar surface area (TPSA) is 49.8 Å². The third-order valence-electron chi connectivity index (χ3n) is 2.74. The Morgan fingerprint density at radius 2 is 1.62 bits per heavy atom. The Morgan fingerprint density at radius 1 is 1.25 bits per heavy atom. The van der Waals surface area contributed by atoms with Crippen LogP contribution >= 0.6 is 7.60 Å². The fraction of sp³-hybridized carbons (Fsp3) is 1.00. The van der Waals surface area contributed by atoms with Gasteiger partial charge in [0.2, 0.25) is 0 Å². The first kappa shape index (κ1) is 16.1. The Balaban J connectivity index is 5.20. The zero-order valence-electron chi connectivity index (χ0n) is 11.5. The van der Waals surface area contributed by atoms with Crippen LogP contribution in [0.1, 0.15) is 48.5 Å². The lowest BCUT2D eigenvalue weighted by Crippen LogP contribution is -2.51. The molecule has 4 nitrogen and oxygen atoms in total. The second-order valence-corrected chi connectivity index (χ2v) is 7.42. The Kier molecular flexibility index (Phi) is 5.67. The Bertz CT molecular complexity index is 256. The average Bonchev–Trinajstić information content (AvgIpc) is 2.00. The molecule has 0 fully saturated rings. The lowest BCUT2D eigenvalue weighted by molar-refractivity contribution is 0.0769. The first-order valence-corrected chi connectivity index (χ1v) is 7.41. The molecule has 1 N–H and O–H groups in total. The highest BCUT2D eigenvalue weighted by Crippen LogP contribution is 2.57. The van der Waals surface area contributed by atoms with Crippen molar-refractivity contribution < 1.29 is 14.0 Å². The second-order valence-electron chi connectivity index (χ2n) is 5.03. The van der Waals surface area contributed by atoms with Gasteiger partial charge in [0, 0.05) is 12.1 Å². The van der Waals surface area contributed by atoms with E-state index in [-0.39, 0.29) is 18.7 Å². The summed E-state index contributed by atoms with van der Waals surface area (Å²) in [7, 11) is -3.63. The van der Waals surface area contributed by atoms with Crippen molar-refractivity contribution in [2.75, 3.05) is 6.61 Å². The molecule has 0 aromatic carbocycles. The van der Waals surface area contributed by atoms with Crippen LogP contribution in [0.2, 0.25) is 0 Å². The maximum absolute atomic E-state index is 12.2. The molecule has 0 heterocycles. The fourth-order valence-corrected chi connectivity index (χ4v) is 3.76. The summed E-state index contributed by atoms with van der Waals surface area (Å²) in [6.07, 6.45) is 0. The SMILES string of the molecule is CCOP(=O)(O)C(C)(C)N(C(C)C)C(C)C. The van der Waals surface area contributed by atoms with Gasteiger partial charge in [-0.05, 0) is 48.5 Å². The zero-order chi connectivity index (χ0) is 13.1. The molecule has 0 aromatic heterocycles. The van der Waals surface area contributed by atoms with E-state index >= 15 is 0 Å². The summed E-state index contributed by atoms with van der Waals surface area (Å²) < 4.78 is 17.2. The first-order valence-electron chi connectivity index (χ1n) is 5.83. The summed E-state index contributed by atoms with van der Waals surface area (Å²) in [4.78, 5) is 12.0. The molecule has 1 unspecified atom stereocenters. The van der Waals surface area contributed by atoms with E-state index in [1.54, 1.807) is 20.8 Å². The molecule has 1 atom stereocenters. The van der Waals surface area contributed by atoms with E-state index in [1.165, 1.54) is 0 Å². The van der Waals surface area contributed by atoms with Crippen molar-refractivity contribution in [3.8, 4) is 0 Å². The standard InChI is InChI=1S/C11H26NO3P/c1-8-15-16(13,14)11(6,7)12(9(2)3)10(4)5/h9-10H,8H2,1-7H3,(H,13,14). The molecule has 0 aliphatic rings. The van der Waals surface area contributed by atoms with E-state index in [4.69, 9.17) is 4.52 Å². The molecule has 0 spiro atoms. The van der Waals surface area contributed by atoms with E-state index in [1.807, 2.05) is 32.6 Å². The second kappa shape index (κ2) is 5.63. The smallest absolute Gasteiger partial charge is 0.323 e. The molecule has 0 bridgehead atoms. The van der Waals surface area contributed by atoms with Crippen LogP contribution in [-0.4, -0.2) is 33.8 Å². The fourth-order valence-electron chi connectivity index (χ4n) is 2.34. The molecule has 98 valence electrons. The van der Waals surface area contributed by atoms with Crippen molar-refractivity contribution in [1.82, 2.24) is 4.90 Å². The van der Waals surface area contributed by atoms with Gasteiger partial charge in [0.25, 0.3) is 0 Å². The summed E-state index contributed by atoms with van der Waals surface area (Å²) in [5, 5.41) is -0.870. The van der Waals surface area contributed by atoms with Crippen LogP contribution in [-0.2, 0) is 9.09 Å². The molecular formula is C11H26NO3P. The van der Waals surface area contributed by atoms with Gasteiger partial charge < -0.3 is 9.42 Å². The third-order valence-corrected chi connectivity index (χ3v) is 4.96. The van der Waals surface area contributed by atoms with Gasteiger partial charge >= 0.3 is 7.60 Å². The maximum Gasteiger partial charge on any atom is 0.347 e. The lowest BCUT2D eigenvalue weighted by atomic mass is 10.1. The Morgan fingerprint density at radius 3 is 1.88 bits per heavy atom. The van der Waals surface area contributed by atoms with Gasteiger partial charge in [-0.2, -0.15) is 0 Å². The lowest BCUT2D eigenvalue weighted by Gasteiger charge is -2.45. The highest BCUT2D eigenvalue weighted by Gasteiger charge is 2.47. The predicted octanol–water partition coefficient (Wildman–Crippen LogP) is 3.06. The van der Waals surface area contributed by atoms with Crippen LogP contribution in [0.4, 0.5) is 0 Å². The molecule has 0 saturated heterocycles. The predicted molar refractivity (Wildman–Crippen MR) is 67.6 cm³/mol. The van der Waals surface area contributed by atoms with Crippen LogP contribution in [0.3, 0.4) is 0 Å². The minimum absolute atomic E-state index is 0.191. The van der Waals surface area contributed by atoms with E-state index in [2.05, 4.69) is 0 Å². The van der Waals surface area contributed by atoms with E-state index in [0.29, 0.717) is 0 Å². The average molecular weight is 251 g/mol. The van der Waals surface area contributed by atoms with Gasteiger partial charge in [0.05, 0.1) is 6.61 Å². The number of hydrogen-bond donors (Lipinski definition) is 1. The first-order chi connectivity index (χ1) is 7.08. The minimum Gasteiger partial charge on any atom is -0.323 e. The van der Waals surface area contributed by atoms with Crippen LogP contribution in [0.15, 0.2) is 0 Å².